The first-order chi connectivity index (χ1) is 20.1. The third-order valence-corrected chi connectivity index (χ3v) is 7.39. The molecule has 0 radical (unpaired) electrons. The van der Waals surface area contributed by atoms with Crippen LogP contribution in [0.1, 0.15) is 38.7 Å². The fourth-order valence-electron chi connectivity index (χ4n) is 4.74. The SMILES string of the molecule is CC1(C)[C@H](N(O)C(=O)Nc2ccc(Cl)cc2)N(c2ccc(Cl)cc2)C(=O)N1CCCCC(=O)N/N=C/c1ccccc1. The van der Waals surface area contributed by atoms with E-state index in [1.807, 2.05) is 30.3 Å². The number of anilines is 2. The van der Waals surface area contributed by atoms with Gasteiger partial charge in [-0.3, -0.25) is 14.9 Å². The molecule has 0 aromatic heterocycles. The number of hydrazone groups is 1. The minimum absolute atomic E-state index is 0.217. The van der Waals surface area contributed by atoms with E-state index >= 15 is 0 Å². The Hall–Kier alpha value is -4.12. The smallest absolute Gasteiger partial charge is 0.315 e. The van der Waals surface area contributed by atoms with E-state index in [0.717, 1.165) is 5.56 Å². The topological polar surface area (TPSA) is 118 Å². The molecule has 5 amide bonds. The van der Waals surface area contributed by atoms with Gasteiger partial charge in [0.2, 0.25) is 5.91 Å². The number of hydrogen-bond donors (Lipinski definition) is 3. The number of urea groups is 2. The normalized spacial score (nSPS) is 16.1. The summed E-state index contributed by atoms with van der Waals surface area (Å²) in [5, 5.41) is 19.3. The maximum absolute atomic E-state index is 13.8. The average molecular weight is 612 g/mol. The van der Waals surface area contributed by atoms with E-state index < -0.39 is 23.8 Å². The van der Waals surface area contributed by atoms with E-state index in [9.17, 15) is 19.6 Å². The standard InChI is InChI=1S/C30H32Cl2N6O4/c1-30(2)27(38(42)28(40)34-24-15-11-22(31)12-16-24)37(25-17-13-23(32)14-18-25)29(41)36(30)19-7-6-10-26(39)35-33-20-21-8-4-3-5-9-21/h3-5,8-9,11-18,20,27,42H,6-7,10,19H2,1-2H3,(H,34,40)(H,35,39)/b33-20+/t27-/m0/s1. The predicted octanol–water partition coefficient (Wildman–Crippen LogP) is 6.58. The highest BCUT2D eigenvalue weighted by Crippen LogP contribution is 2.38. The van der Waals surface area contributed by atoms with Crippen molar-refractivity contribution in [2.45, 2.75) is 44.8 Å². The molecule has 12 heteroatoms. The van der Waals surface area contributed by atoms with Crippen LogP contribution in [0.25, 0.3) is 0 Å². The Kier molecular flexibility index (Phi) is 10.1. The van der Waals surface area contributed by atoms with Crippen molar-refractivity contribution in [3.05, 3.63) is 94.5 Å². The number of benzene rings is 3. The molecule has 1 fully saturated rings. The van der Waals surface area contributed by atoms with Crippen molar-refractivity contribution in [1.82, 2.24) is 15.4 Å². The molecule has 0 unspecified atom stereocenters. The highest BCUT2D eigenvalue weighted by Gasteiger charge is 2.55. The summed E-state index contributed by atoms with van der Waals surface area (Å²) in [7, 11) is 0. The van der Waals surface area contributed by atoms with Gasteiger partial charge < -0.3 is 10.2 Å². The summed E-state index contributed by atoms with van der Waals surface area (Å²) in [5.74, 6) is -0.240. The number of halogens is 2. The summed E-state index contributed by atoms with van der Waals surface area (Å²) in [6.07, 6.45) is 1.70. The van der Waals surface area contributed by atoms with Crippen LogP contribution >= 0.6 is 23.2 Å². The maximum Gasteiger partial charge on any atom is 0.347 e. The number of nitrogens with one attached hydrogen (secondary N) is 2. The lowest BCUT2D eigenvalue weighted by Crippen LogP contribution is -2.58. The molecule has 1 aliphatic rings. The minimum Gasteiger partial charge on any atom is -0.315 e. The molecule has 1 saturated heterocycles. The number of unbranched alkanes of at least 4 members (excludes halogenated alkanes) is 1. The van der Waals surface area contributed by atoms with E-state index in [1.54, 1.807) is 73.5 Å². The second-order valence-corrected chi connectivity index (χ2v) is 11.1. The van der Waals surface area contributed by atoms with Gasteiger partial charge in [-0.25, -0.2) is 15.0 Å². The summed E-state index contributed by atoms with van der Waals surface area (Å²) in [5.41, 5.74) is 3.24. The first kappa shape index (κ1) is 30.8. The Labute approximate surface area is 254 Å². The predicted molar refractivity (Wildman–Crippen MR) is 164 cm³/mol. The minimum atomic E-state index is -1.09. The number of hydroxylamine groups is 2. The molecule has 4 rings (SSSR count). The van der Waals surface area contributed by atoms with Crippen LogP contribution in [0, 0.1) is 0 Å². The number of amides is 5. The molecule has 220 valence electrons. The van der Waals surface area contributed by atoms with E-state index in [-0.39, 0.29) is 12.3 Å². The summed E-state index contributed by atoms with van der Waals surface area (Å²) in [6, 6.07) is 21.2. The van der Waals surface area contributed by atoms with Crippen LogP contribution in [0.4, 0.5) is 21.0 Å². The van der Waals surface area contributed by atoms with Gasteiger partial charge in [0.1, 0.15) is 0 Å². The summed E-state index contributed by atoms with van der Waals surface area (Å²) >= 11 is 12.0. The number of carbonyl (C=O) groups excluding carboxylic acids is 3. The van der Waals surface area contributed by atoms with E-state index in [4.69, 9.17) is 23.2 Å². The molecule has 42 heavy (non-hydrogen) atoms. The van der Waals surface area contributed by atoms with Crippen molar-refractivity contribution in [2.75, 3.05) is 16.8 Å². The number of rotatable bonds is 10. The molecule has 3 aromatic carbocycles. The van der Waals surface area contributed by atoms with Crippen LogP contribution in [0.5, 0.6) is 0 Å². The molecule has 1 aliphatic heterocycles. The van der Waals surface area contributed by atoms with Crippen LogP contribution in [0.15, 0.2) is 84.0 Å². The summed E-state index contributed by atoms with van der Waals surface area (Å²) in [6.45, 7) is 3.84. The highest BCUT2D eigenvalue weighted by atomic mass is 35.5. The van der Waals surface area contributed by atoms with Crippen LogP contribution in [0.3, 0.4) is 0 Å². The Morgan fingerprint density at radius 1 is 0.976 bits per heavy atom. The third kappa shape index (κ3) is 7.39. The Bertz CT molecular complexity index is 1420. The first-order valence-corrected chi connectivity index (χ1v) is 14.1. The third-order valence-electron chi connectivity index (χ3n) is 6.89. The molecule has 0 saturated carbocycles. The van der Waals surface area contributed by atoms with E-state index in [0.29, 0.717) is 45.9 Å². The largest absolute Gasteiger partial charge is 0.347 e. The van der Waals surface area contributed by atoms with Gasteiger partial charge in [-0.1, -0.05) is 53.5 Å². The van der Waals surface area contributed by atoms with Gasteiger partial charge in [-0.2, -0.15) is 10.2 Å². The number of hydrogen-bond acceptors (Lipinski definition) is 5. The Balaban J connectivity index is 1.43. The highest BCUT2D eigenvalue weighted by molar-refractivity contribution is 6.31. The fourth-order valence-corrected chi connectivity index (χ4v) is 4.99. The molecule has 0 aliphatic carbocycles. The molecular formula is C30H32Cl2N6O4. The van der Waals surface area contributed by atoms with Crippen molar-refractivity contribution >= 4 is 58.8 Å². The second-order valence-electron chi connectivity index (χ2n) is 10.3. The van der Waals surface area contributed by atoms with Crippen molar-refractivity contribution in [3.8, 4) is 0 Å². The quantitative estimate of drug-likeness (QED) is 0.104. The maximum atomic E-state index is 13.8. The molecule has 1 atom stereocenters. The zero-order valence-corrected chi connectivity index (χ0v) is 24.7. The van der Waals surface area contributed by atoms with Gasteiger partial charge in [-0.05, 0) is 80.8 Å². The van der Waals surface area contributed by atoms with E-state index in [1.165, 1.54) is 4.90 Å². The van der Waals surface area contributed by atoms with Gasteiger partial charge in [0, 0.05) is 34.4 Å². The van der Waals surface area contributed by atoms with Crippen LogP contribution in [-0.4, -0.2) is 57.6 Å². The van der Waals surface area contributed by atoms with Gasteiger partial charge in [0.15, 0.2) is 6.17 Å². The fraction of sp³-hybridized carbons (Fsp3) is 0.267. The zero-order chi connectivity index (χ0) is 30.3. The van der Waals surface area contributed by atoms with E-state index in [2.05, 4.69) is 15.8 Å². The van der Waals surface area contributed by atoms with Crippen molar-refractivity contribution in [2.24, 2.45) is 5.10 Å². The molecule has 0 bridgehead atoms. The zero-order valence-electron chi connectivity index (χ0n) is 23.2. The monoisotopic (exact) mass is 610 g/mol. The lowest BCUT2D eigenvalue weighted by molar-refractivity contribution is -0.121. The molecule has 1 heterocycles. The second kappa shape index (κ2) is 13.7. The van der Waals surface area contributed by atoms with Crippen LogP contribution in [0.2, 0.25) is 10.0 Å². The number of nitrogens with zero attached hydrogens (tertiary/aromatic N) is 4. The van der Waals surface area contributed by atoms with Crippen molar-refractivity contribution < 1.29 is 19.6 Å². The number of carbonyl (C=O) groups is 3. The van der Waals surface area contributed by atoms with Gasteiger partial charge in [-0.15, -0.1) is 0 Å². The van der Waals surface area contributed by atoms with Crippen LogP contribution in [-0.2, 0) is 4.79 Å². The van der Waals surface area contributed by atoms with Crippen LogP contribution < -0.4 is 15.6 Å². The molecule has 3 N–H and O–H groups in total. The lowest BCUT2D eigenvalue weighted by Gasteiger charge is -2.38. The van der Waals surface area contributed by atoms with Crippen molar-refractivity contribution in [1.29, 1.82) is 0 Å². The molecular weight excluding hydrogens is 579 g/mol. The summed E-state index contributed by atoms with van der Waals surface area (Å²) < 4.78 is 0. The lowest BCUT2D eigenvalue weighted by atomic mass is 9.99. The molecule has 0 spiro atoms. The molecule has 3 aromatic rings. The Morgan fingerprint density at radius 2 is 1.60 bits per heavy atom. The van der Waals surface area contributed by atoms with Gasteiger partial charge in [0.25, 0.3) is 0 Å². The molecule has 10 nitrogen and oxygen atoms in total. The average Bonchev–Trinajstić information content (AvgIpc) is 3.17. The first-order valence-electron chi connectivity index (χ1n) is 13.4. The summed E-state index contributed by atoms with van der Waals surface area (Å²) in [4.78, 5) is 42.1. The Morgan fingerprint density at radius 3 is 2.24 bits per heavy atom. The van der Waals surface area contributed by atoms with Gasteiger partial charge >= 0.3 is 12.1 Å². The van der Waals surface area contributed by atoms with Gasteiger partial charge in [0.05, 0.1) is 11.8 Å². The van der Waals surface area contributed by atoms with Crippen molar-refractivity contribution in [3.63, 3.8) is 0 Å².